The van der Waals surface area contributed by atoms with E-state index in [9.17, 15) is 14.9 Å². The van der Waals surface area contributed by atoms with Crippen molar-refractivity contribution in [2.45, 2.75) is 13.3 Å². The lowest BCUT2D eigenvalue weighted by atomic mass is 9.98. The maximum atomic E-state index is 13.3. The van der Waals surface area contributed by atoms with Crippen LogP contribution in [0.3, 0.4) is 0 Å². The van der Waals surface area contributed by atoms with Gasteiger partial charge in [-0.25, -0.2) is 8.91 Å². The summed E-state index contributed by atoms with van der Waals surface area (Å²) < 4.78 is 15.0. The van der Waals surface area contributed by atoms with Crippen LogP contribution in [0.5, 0.6) is 0 Å². The summed E-state index contributed by atoms with van der Waals surface area (Å²) >= 11 is 0. The highest BCUT2D eigenvalue weighted by molar-refractivity contribution is 5.82. The van der Waals surface area contributed by atoms with E-state index >= 15 is 0 Å². The molecule has 4 aromatic rings. The van der Waals surface area contributed by atoms with E-state index in [1.165, 1.54) is 12.1 Å². The van der Waals surface area contributed by atoms with Crippen molar-refractivity contribution in [3.05, 3.63) is 83.3 Å². The summed E-state index contributed by atoms with van der Waals surface area (Å²) in [6.07, 6.45) is 0.144. The Morgan fingerprint density at radius 2 is 1.64 bits per heavy atom. The predicted octanol–water partition coefficient (Wildman–Crippen LogP) is 5.05. The van der Waals surface area contributed by atoms with Crippen LogP contribution < -0.4 is 0 Å². The molecule has 134 valence electrons. The summed E-state index contributed by atoms with van der Waals surface area (Å²) in [7, 11) is 0. The molecule has 0 aliphatic heterocycles. The molecule has 4 nitrogen and oxygen atoms in total. The van der Waals surface area contributed by atoms with Gasteiger partial charge in [0.25, 0.3) is 0 Å². The summed E-state index contributed by atoms with van der Waals surface area (Å²) in [4.78, 5) is 0. The third-order valence-electron chi connectivity index (χ3n) is 4.69. The number of rotatable bonds is 3. The largest absolute Gasteiger partial charge is 0.235 e. The molecule has 0 spiro atoms. The van der Waals surface area contributed by atoms with Crippen LogP contribution >= 0.6 is 0 Å². The van der Waals surface area contributed by atoms with E-state index in [-0.39, 0.29) is 12.2 Å². The zero-order valence-electron chi connectivity index (χ0n) is 15.1. The molecule has 28 heavy (non-hydrogen) atoms. The van der Waals surface area contributed by atoms with Crippen molar-refractivity contribution in [1.29, 1.82) is 10.5 Å². The SMILES string of the molecule is Cc1ccc(-c2cc3c(C#N)c(-c4ccc(F)cc4)cc(CC#N)n3n2)cc1. The predicted molar refractivity (Wildman–Crippen MR) is 105 cm³/mol. The molecule has 0 aliphatic carbocycles. The van der Waals surface area contributed by atoms with E-state index in [4.69, 9.17) is 0 Å². The van der Waals surface area contributed by atoms with Crippen LogP contribution in [0.25, 0.3) is 27.9 Å². The first kappa shape index (κ1) is 17.5. The zero-order chi connectivity index (χ0) is 19.7. The fourth-order valence-corrected chi connectivity index (χ4v) is 3.26. The lowest BCUT2D eigenvalue weighted by Gasteiger charge is -2.10. The van der Waals surface area contributed by atoms with Crippen molar-refractivity contribution >= 4 is 5.52 Å². The van der Waals surface area contributed by atoms with E-state index in [2.05, 4.69) is 17.2 Å². The lowest BCUT2D eigenvalue weighted by Crippen LogP contribution is -2.02. The van der Waals surface area contributed by atoms with Gasteiger partial charge in [0.2, 0.25) is 0 Å². The van der Waals surface area contributed by atoms with E-state index in [0.29, 0.717) is 22.3 Å². The molecule has 0 saturated heterocycles. The fraction of sp³-hybridized carbons (Fsp3) is 0.0870. The third-order valence-corrected chi connectivity index (χ3v) is 4.69. The van der Waals surface area contributed by atoms with Crippen LogP contribution in [0.2, 0.25) is 0 Å². The first-order valence-corrected chi connectivity index (χ1v) is 8.76. The van der Waals surface area contributed by atoms with Crippen molar-refractivity contribution in [2.24, 2.45) is 0 Å². The minimum atomic E-state index is -0.341. The average molecular weight is 366 g/mol. The van der Waals surface area contributed by atoms with Crippen LogP contribution in [0.1, 0.15) is 16.8 Å². The minimum Gasteiger partial charge on any atom is -0.235 e. The Morgan fingerprint density at radius 1 is 0.964 bits per heavy atom. The number of halogens is 1. The molecule has 2 aromatic carbocycles. The number of nitrogens with zero attached hydrogens (tertiary/aromatic N) is 4. The van der Waals surface area contributed by atoms with Gasteiger partial charge in [0, 0.05) is 11.1 Å². The number of pyridine rings is 1. The van der Waals surface area contributed by atoms with Gasteiger partial charge in [-0.2, -0.15) is 15.6 Å². The van der Waals surface area contributed by atoms with E-state index in [1.807, 2.05) is 37.3 Å². The third kappa shape index (κ3) is 3.00. The number of aryl methyl sites for hydroxylation is 1. The Hall–Kier alpha value is -3.96. The standard InChI is InChI=1S/C23H15FN4/c1-15-2-4-17(5-3-15)22-13-23-21(14-26)20(16-6-8-18(24)9-7-16)12-19(10-11-25)28(23)27-22/h2-9,12-13H,10H2,1H3. The van der Waals surface area contributed by atoms with E-state index in [0.717, 1.165) is 22.4 Å². The van der Waals surface area contributed by atoms with Crippen molar-refractivity contribution < 1.29 is 4.39 Å². The molecule has 0 aliphatic rings. The molecule has 0 radical (unpaired) electrons. The number of aromatic nitrogens is 2. The van der Waals surface area contributed by atoms with Crippen LogP contribution in [0, 0.1) is 35.4 Å². The lowest BCUT2D eigenvalue weighted by molar-refractivity contribution is 0.628. The minimum absolute atomic E-state index is 0.144. The molecule has 0 unspecified atom stereocenters. The molecule has 0 atom stereocenters. The summed E-state index contributed by atoms with van der Waals surface area (Å²) in [5.41, 5.74) is 5.94. The van der Waals surface area contributed by atoms with Crippen LogP contribution in [-0.4, -0.2) is 9.61 Å². The van der Waals surface area contributed by atoms with Gasteiger partial charge in [-0.15, -0.1) is 0 Å². The average Bonchev–Trinajstić information content (AvgIpc) is 3.14. The van der Waals surface area contributed by atoms with Gasteiger partial charge in [0.1, 0.15) is 11.9 Å². The molecular weight excluding hydrogens is 351 g/mol. The Balaban J connectivity index is 1.99. The quantitative estimate of drug-likeness (QED) is 0.509. The summed E-state index contributed by atoms with van der Waals surface area (Å²) in [5.74, 6) is -0.341. The van der Waals surface area contributed by atoms with Gasteiger partial charge in [-0.3, -0.25) is 0 Å². The molecule has 0 saturated carbocycles. The van der Waals surface area contributed by atoms with E-state index in [1.54, 1.807) is 22.7 Å². The molecule has 0 amide bonds. The molecule has 0 fully saturated rings. The topological polar surface area (TPSA) is 64.9 Å². The van der Waals surface area contributed by atoms with Crippen molar-refractivity contribution in [3.8, 4) is 34.5 Å². The smallest absolute Gasteiger partial charge is 0.123 e. The highest BCUT2D eigenvalue weighted by Gasteiger charge is 2.17. The second kappa shape index (κ2) is 6.98. The van der Waals surface area contributed by atoms with Gasteiger partial charge in [-0.05, 0) is 36.8 Å². The van der Waals surface area contributed by atoms with Gasteiger partial charge in [-0.1, -0.05) is 42.0 Å². The number of hydrogen-bond donors (Lipinski definition) is 0. The second-order valence-corrected chi connectivity index (χ2v) is 6.57. The van der Waals surface area contributed by atoms with Gasteiger partial charge < -0.3 is 0 Å². The van der Waals surface area contributed by atoms with Crippen molar-refractivity contribution in [2.75, 3.05) is 0 Å². The Kier molecular flexibility index (Phi) is 4.35. The van der Waals surface area contributed by atoms with Crippen LogP contribution in [-0.2, 0) is 6.42 Å². The molecule has 2 heterocycles. The van der Waals surface area contributed by atoms with Crippen molar-refractivity contribution in [1.82, 2.24) is 9.61 Å². The molecule has 5 heteroatoms. The fourth-order valence-electron chi connectivity index (χ4n) is 3.26. The zero-order valence-corrected chi connectivity index (χ0v) is 15.1. The first-order chi connectivity index (χ1) is 13.6. The number of nitriles is 2. The first-order valence-electron chi connectivity index (χ1n) is 8.76. The second-order valence-electron chi connectivity index (χ2n) is 6.57. The van der Waals surface area contributed by atoms with Crippen LogP contribution in [0.4, 0.5) is 4.39 Å². The Labute approximate surface area is 161 Å². The maximum absolute atomic E-state index is 13.3. The summed E-state index contributed by atoms with van der Waals surface area (Å²) in [6.45, 7) is 2.02. The number of fused-ring (bicyclic) bond motifs is 1. The van der Waals surface area contributed by atoms with E-state index < -0.39 is 0 Å². The van der Waals surface area contributed by atoms with Crippen molar-refractivity contribution in [3.63, 3.8) is 0 Å². The molecule has 0 N–H and O–H groups in total. The highest BCUT2D eigenvalue weighted by atomic mass is 19.1. The van der Waals surface area contributed by atoms with Gasteiger partial charge in [0.15, 0.2) is 0 Å². The van der Waals surface area contributed by atoms with Crippen LogP contribution in [0.15, 0.2) is 60.7 Å². The summed E-state index contributed by atoms with van der Waals surface area (Å²) in [6, 6.07) is 22.0. The monoisotopic (exact) mass is 366 g/mol. The number of hydrogen-bond acceptors (Lipinski definition) is 3. The molecular formula is C23H15FN4. The Bertz CT molecular complexity index is 1250. The Morgan fingerprint density at radius 3 is 2.29 bits per heavy atom. The highest BCUT2D eigenvalue weighted by Crippen LogP contribution is 2.31. The number of benzene rings is 2. The molecule has 4 rings (SSSR count). The molecule has 2 aromatic heterocycles. The summed E-state index contributed by atoms with van der Waals surface area (Å²) in [5, 5.41) is 23.7. The molecule has 0 bridgehead atoms. The van der Waals surface area contributed by atoms with Gasteiger partial charge in [0.05, 0.1) is 35.0 Å². The normalized spacial score (nSPS) is 10.6. The van der Waals surface area contributed by atoms with Gasteiger partial charge >= 0.3 is 0 Å². The maximum Gasteiger partial charge on any atom is 0.123 e.